The van der Waals surface area contributed by atoms with E-state index < -0.39 is 24.0 Å². The molecule has 0 N–H and O–H groups in total. The summed E-state index contributed by atoms with van der Waals surface area (Å²) < 4.78 is 16.9. The highest BCUT2D eigenvalue weighted by atomic mass is 16.7. The molecule has 2 aliphatic heterocycles. The van der Waals surface area contributed by atoms with E-state index in [1.54, 1.807) is 36.4 Å². The SMILES string of the molecule is CCCOc1ccc([C@H]2[C@H]3C(=O)N(c4ccc(OCC)cc4)C(=O)[C@@H]3ON2c2ccccc2)cc1OC. The van der Waals surface area contributed by atoms with E-state index in [4.69, 9.17) is 19.0 Å². The fourth-order valence-corrected chi connectivity index (χ4v) is 4.86. The molecule has 0 aromatic heterocycles. The zero-order valence-corrected chi connectivity index (χ0v) is 21.1. The van der Waals surface area contributed by atoms with E-state index in [2.05, 4.69) is 0 Å². The molecular weight excluding hydrogens is 472 g/mol. The number of hydrogen-bond donors (Lipinski definition) is 0. The van der Waals surface area contributed by atoms with Crippen molar-refractivity contribution in [2.75, 3.05) is 30.3 Å². The summed E-state index contributed by atoms with van der Waals surface area (Å²) in [5.41, 5.74) is 2.02. The maximum atomic E-state index is 13.8. The molecule has 8 heteroatoms. The van der Waals surface area contributed by atoms with Gasteiger partial charge in [-0.2, -0.15) is 0 Å². The fourth-order valence-electron chi connectivity index (χ4n) is 4.86. The highest BCUT2D eigenvalue weighted by Crippen LogP contribution is 2.48. The summed E-state index contributed by atoms with van der Waals surface area (Å²) >= 11 is 0. The second kappa shape index (κ2) is 10.5. The number of nitrogens with zero attached hydrogens (tertiary/aromatic N) is 2. The molecule has 2 fully saturated rings. The van der Waals surface area contributed by atoms with E-state index in [-0.39, 0.29) is 5.91 Å². The highest BCUT2D eigenvalue weighted by molar-refractivity contribution is 6.23. The Hall–Kier alpha value is -4.04. The minimum absolute atomic E-state index is 0.312. The summed E-state index contributed by atoms with van der Waals surface area (Å²) in [6.45, 7) is 5.03. The van der Waals surface area contributed by atoms with E-state index >= 15 is 0 Å². The molecule has 2 aliphatic rings. The number of carbonyl (C=O) groups excluding carboxylic acids is 2. The topological polar surface area (TPSA) is 77.5 Å². The minimum atomic E-state index is -0.953. The van der Waals surface area contributed by atoms with Crippen LogP contribution in [0, 0.1) is 5.92 Å². The van der Waals surface area contributed by atoms with Crippen LogP contribution in [0.1, 0.15) is 31.9 Å². The molecule has 0 aliphatic carbocycles. The Labute approximate surface area is 216 Å². The number of benzene rings is 3. The van der Waals surface area contributed by atoms with Crippen molar-refractivity contribution >= 4 is 23.2 Å². The van der Waals surface area contributed by atoms with Gasteiger partial charge < -0.3 is 14.2 Å². The van der Waals surface area contributed by atoms with Crippen LogP contribution in [0.5, 0.6) is 17.2 Å². The lowest BCUT2D eigenvalue weighted by molar-refractivity contribution is -0.126. The lowest BCUT2D eigenvalue weighted by Crippen LogP contribution is -2.37. The predicted molar refractivity (Wildman–Crippen MR) is 139 cm³/mol. The lowest BCUT2D eigenvalue weighted by Gasteiger charge is -2.29. The Morgan fingerprint density at radius 3 is 2.27 bits per heavy atom. The van der Waals surface area contributed by atoms with Gasteiger partial charge in [-0.15, -0.1) is 0 Å². The van der Waals surface area contributed by atoms with Gasteiger partial charge in [-0.3, -0.25) is 14.4 Å². The Bertz CT molecular complexity index is 1260. The van der Waals surface area contributed by atoms with Crippen LogP contribution in [-0.2, 0) is 14.4 Å². The van der Waals surface area contributed by atoms with E-state index in [1.165, 1.54) is 4.90 Å². The van der Waals surface area contributed by atoms with Crippen molar-refractivity contribution in [3.63, 3.8) is 0 Å². The van der Waals surface area contributed by atoms with E-state index in [0.29, 0.717) is 36.1 Å². The van der Waals surface area contributed by atoms with Crippen molar-refractivity contribution in [1.82, 2.24) is 0 Å². The van der Waals surface area contributed by atoms with Crippen molar-refractivity contribution in [2.24, 2.45) is 5.92 Å². The predicted octanol–water partition coefficient (Wildman–Crippen LogP) is 4.93. The van der Waals surface area contributed by atoms with Crippen molar-refractivity contribution < 1.29 is 28.6 Å². The largest absolute Gasteiger partial charge is 0.494 e. The molecule has 0 spiro atoms. The molecule has 0 radical (unpaired) electrons. The van der Waals surface area contributed by atoms with Crippen molar-refractivity contribution in [3.8, 4) is 17.2 Å². The van der Waals surface area contributed by atoms with Gasteiger partial charge in [0.2, 0.25) is 5.91 Å². The van der Waals surface area contributed by atoms with Crippen LogP contribution in [0.15, 0.2) is 72.8 Å². The van der Waals surface area contributed by atoms with Crippen LogP contribution in [0.25, 0.3) is 0 Å². The molecule has 3 atom stereocenters. The summed E-state index contributed by atoms with van der Waals surface area (Å²) in [4.78, 5) is 34.8. The summed E-state index contributed by atoms with van der Waals surface area (Å²) in [5.74, 6) is 0.409. The maximum Gasteiger partial charge on any atom is 0.266 e. The smallest absolute Gasteiger partial charge is 0.266 e. The molecular formula is C29H30N2O6. The second-order valence-electron chi connectivity index (χ2n) is 8.86. The van der Waals surface area contributed by atoms with Gasteiger partial charge in [-0.05, 0) is 67.4 Å². The van der Waals surface area contributed by atoms with Gasteiger partial charge in [0.1, 0.15) is 11.7 Å². The minimum Gasteiger partial charge on any atom is -0.494 e. The Morgan fingerprint density at radius 2 is 1.59 bits per heavy atom. The van der Waals surface area contributed by atoms with E-state index in [9.17, 15) is 9.59 Å². The fraction of sp³-hybridized carbons (Fsp3) is 0.310. The number of fused-ring (bicyclic) bond motifs is 1. The first-order valence-electron chi connectivity index (χ1n) is 12.5. The van der Waals surface area contributed by atoms with E-state index in [1.807, 2.05) is 62.4 Å². The number of para-hydroxylation sites is 1. The summed E-state index contributed by atoms with van der Waals surface area (Å²) in [5, 5.41) is 1.67. The first kappa shape index (κ1) is 24.6. The number of rotatable bonds is 9. The third-order valence-corrected chi connectivity index (χ3v) is 6.52. The Balaban J connectivity index is 1.53. The van der Waals surface area contributed by atoms with Crippen LogP contribution < -0.4 is 24.2 Å². The zero-order chi connectivity index (χ0) is 25.9. The van der Waals surface area contributed by atoms with Crippen LogP contribution in [-0.4, -0.2) is 38.2 Å². The first-order valence-corrected chi connectivity index (χ1v) is 12.5. The standard InChI is InChI=1S/C29H30N2O6/c1-4-17-36-23-16-11-19(18-24(23)34-3)26-25-27(37-31(26)21-9-7-6-8-10-21)29(33)30(28(25)32)20-12-14-22(15-13-20)35-5-2/h6-16,18,25-27H,4-5,17H2,1-3H3/t25-,26+,27-/m1/s1. The second-order valence-corrected chi connectivity index (χ2v) is 8.86. The molecule has 0 unspecified atom stereocenters. The number of amides is 2. The summed E-state index contributed by atoms with van der Waals surface area (Å²) in [7, 11) is 1.58. The van der Waals surface area contributed by atoms with Crippen LogP contribution in [0.2, 0.25) is 0 Å². The Morgan fingerprint density at radius 1 is 0.838 bits per heavy atom. The summed E-state index contributed by atoms with van der Waals surface area (Å²) in [6.07, 6.45) is -0.0865. The van der Waals surface area contributed by atoms with Gasteiger partial charge in [0.15, 0.2) is 17.6 Å². The number of anilines is 2. The highest BCUT2D eigenvalue weighted by Gasteiger charge is 2.60. The number of carbonyl (C=O) groups is 2. The van der Waals surface area contributed by atoms with Crippen LogP contribution >= 0.6 is 0 Å². The molecule has 2 saturated heterocycles. The van der Waals surface area contributed by atoms with Gasteiger partial charge in [0, 0.05) is 0 Å². The van der Waals surface area contributed by atoms with Crippen molar-refractivity contribution in [3.05, 3.63) is 78.4 Å². The van der Waals surface area contributed by atoms with E-state index in [0.717, 1.165) is 17.7 Å². The molecule has 8 nitrogen and oxygen atoms in total. The number of ether oxygens (including phenoxy) is 3. The molecule has 192 valence electrons. The normalized spacial score (nSPS) is 20.8. The lowest BCUT2D eigenvalue weighted by atomic mass is 9.90. The molecule has 3 aromatic carbocycles. The Kier molecular flexibility index (Phi) is 7.01. The van der Waals surface area contributed by atoms with Gasteiger partial charge >= 0.3 is 0 Å². The summed E-state index contributed by atoms with van der Waals surface area (Å²) in [6, 6.07) is 21.5. The molecule has 0 bridgehead atoms. The molecule has 5 rings (SSSR count). The first-order chi connectivity index (χ1) is 18.1. The quantitative estimate of drug-likeness (QED) is 0.384. The molecule has 0 saturated carbocycles. The van der Waals surface area contributed by atoms with Gasteiger partial charge in [-0.1, -0.05) is 31.2 Å². The molecule has 2 heterocycles. The molecule has 2 amide bonds. The maximum absolute atomic E-state index is 13.8. The molecule has 37 heavy (non-hydrogen) atoms. The van der Waals surface area contributed by atoms with Crippen LogP contribution in [0.4, 0.5) is 11.4 Å². The monoisotopic (exact) mass is 502 g/mol. The number of imide groups is 1. The van der Waals surface area contributed by atoms with Crippen molar-refractivity contribution in [1.29, 1.82) is 0 Å². The van der Waals surface area contributed by atoms with Gasteiger partial charge in [0.05, 0.1) is 37.7 Å². The van der Waals surface area contributed by atoms with Crippen molar-refractivity contribution in [2.45, 2.75) is 32.4 Å². The zero-order valence-electron chi connectivity index (χ0n) is 21.1. The van der Waals surface area contributed by atoms with Crippen LogP contribution in [0.3, 0.4) is 0 Å². The third kappa shape index (κ3) is 4.49. The number of hydrogen-bond acceptors (Lipinski definition) is 7. The third-order valence-electron chi connectivity index (χ3n) is 6.52. The van der Waals surface area contributed by atoms with Gasteiger partial charge in [0.25, 0.3) is 5.91 Å². The average Bonchev–Trinajstić information content (AvgIpc) is 3.44. The average molecular weight is 503 g/mol. The molecule has 3 aromatic rings. The number of hydroxylamine groups is 1. The van der Waals surface area contributed by atoms with Gasteiger partial charge in [-0.25, -0.2) is 9.96 Å². The number of methoxy groups -OCH3 is 1.